The fraction of sp³-hybridized carbons (Fsp3) is 0.375. The molecule has 0 aliphatic heterocycles. The van der Waals surface area contributed by atoms with Crippen LogP contribution < -0.4 is 0 Å². The standard InChI is InChI=1S/C16H14F4N2O/c1-8-4-13-11(15(23)5-8)7-14(22-21-13)10-6-9(16(18,19)20)2-3-12(10)17/h2-3,6-8,15,23H,4-5H2,1H3. The van der Waals surface area contributed by atoms with Gasteiger partial charge in [-0.1, -0.05) is 6.92 Å². The second-order valence-electron chi connectivity index (χ2n) is 5.88. The minimum Gasteiger partial charge on any atom is -0.388 e. The molecule has 2 atom stereocenters. The van der Waals surface area contributed by atoms with Crippen molar-refractivity contribution in [1.82, 2.24) is 10.2 Å². The maximum Gasteiger partial charge on any atom is 0.416 e. The number of alkyl halides is 3. The molecule has 0 saturated carbocycles. The monoisotopic (exact) mass is 326 g/mol. The Balaban J connectivity index is 2.08. The van der Waals surface area contributed by atoms with Crippen LogP contribution in [-0.2, 0) is 12.6 Å². The van der Waals surface area contributed by atoms with Gasteiger partial charge in [0.05, 0.1) is 23.1 Å². The van der Waals surface area contributed by atoms with E-state index in [4.69, 9.17) is 0 Å². The molecule has 3 rings (SSSR count). The molecule has 122 valence electrons. The van der Waals surface area contributed by atoms with E-state index in [1.54, 1.807) is 0 Å². The van der Waals surface area contributed by atoms with Crippen LogP contribution in [0.1, 0.15) is 36.3 Å². The largest absolute Gasteiger partial charge is 0.416 e. The molecule has 1 N–H and O–H groups in total. The molecule has 1 aliphatic carbocycles. The number of fused-ring (bicyclic) bond motifs is 1. The van der Waals surface area contributed by atoms with E-state index >= 15 is 0 Å². The first kappa shape index (κ1) is 15.9. The van der Waals surface area contributed by atoms with Crippen molar-refractivity contribution < 1.29 is 22.7 Å². The quantitative estimate of drug-likeness (QED) is 0.808. The molecular formula is C16H14F4N2O. The topological polar surface area (TPSA) is 46.0 Å². The highest BCUT2D eigenvalue weighted by molar-refractivity contribution is 5.62. The maximum absolute atomic E-state index is 13.9. The molecule has 2 unspecified atom stereocenters. The van der Waals surface area contributed by atoms with Crippen molar-refractivity contribution >= 4 is 0 Å². The Morgan fingerprint density at radius 3 is 2.61 bits per heavy atom. The van der Waals surface area contributed by atoms with Crippen LogP contribution in [0.3, 0.4) is 0 Å². The summed E-state index contributed by atoms with van der Waals surface area (Å²) in [5, 5.41) is 17.9. The number of hydrogen-bond acceptors (Lipinski definition) is 3. The second-order valence-corrected chi connectivity index (χ2v) is 5.88. The Kier molecular flexibility index (Phi) is 3.83. The first-order chi connectivity index (χ1) is 10.8. The third kappa shape index (κ3) is 3.06. The number of hydrogen-bond donors (Lipinski definition) is 1. The molecule has 0 fully saturated rings. The van der Waals surface area contributed by atoms with Crippen molar-refractivity contribution in [3.63, 3.8) is 0 Å². The summed E-state index contributed by atoms with van der Waals surface area (Å²) in [4.78, 5) is 0. The number of aliphatic hydroxyl groups excluding tert-OH is 1. The molecule has 23 heavy (non-hydrogen) atoms. The molecule has 1 aromatic heterocycles. The SMILES string of the molecule is CC1Cc2nnc(-c3cc(C(F)(F)F)ccc3F)cc2C(O)C1. The second kappa shape index (κ2) is 5.56. The van der Waals surface area contributed by atoms with E-state index in [-0.39, 0.29) is 17.2 Å². The average Bonchev–Trinajstić information content (AvgIpc) is 2.46. The zero-order chi connectivity index (χ0) is 16.8. The van der Waals surface area contributed by atoms with Crippen molar-refractivity contribution in [3.8, 4) is 11.3 Å². The first-order valence-electron chi connectivity index (χ1n) is 7.17. The number of halogens is 4. The smallest absolute Gasteiger partial charge is 0.388 e. The van der Waals surface area contributed by atoms with Crippen molar-refractivity contribution in [2.24, 2.45) is 5.92 Å². The lowest BCUT2D eigenvalue weighted by atomic mass is 9.86. The molecule has 0 saturated heterocycles. The molecular weight excluding hydrogens is 312 g/mol. The zero-order valence-corrected chi connectivity index (χ0v) is 12.2. The van der Waals surface area contributed by atoms with Gasteiger partial charge in [-0.2, -0.15) is 23.4 Å². The van der Waals surface area contributed by atoms with Crippen LogP contribution in [0.25, 0.3) is 11.3 Å². The zero-order valence-electron chi connectivity index (χ0n) is 12.2. The van der Waals surface area contributed by atoms with Crippen LogP contribution in [0.2, 0.25) is 0 Å². The number of aliphatic hydroxyl groups is 1. The van der Waals surface area contributed by atoms with Gasteiger partial charge in [-0.05, 0) is 43.0 Å². The predicted octanol–water partition coefficient (Wildman–Crippen LogP) is 3.92. The van der Waals surface area contributed by atoms with E-state index in [0.717, 1.165) is 6.07 Å². The Hall–Kier alpha value is -2.02. The van der Waals surface area contributed by atoms with Crippen LogP contribution >= 0.6 is 0 Å². The molecule has 1 aliphatic rings. The average molecular weight is 326 g/mol. The summed E-state index contributed by atoms with van der Waals surface area (Å²) in [7, 11) is 0. The van der Waals surface area contributed by atoms with Gasteiger partial charge < -0.3 is 5.11 Å². The van der Waals surface area contributed by atoms with Gasteiger partial charge >= 0.3 is 6.18 Å². The summed E-state index contributed by atoms with van der Waals surface area (Å²) < 4.78 is 52.3. The first-order valence-corrected chi connectivity index (χ1v) is 7.17. The highest BCUT2D eigenvalue weighted by Crippen LogP contribution is 2.36. The van der Waals surface area contributed by atoms with Gasteiger partial charge in [0, 0.05) is 11.1 Å². The molecule has 1 heterocycles. The Bertz CT molecular complexity index is 745. The van der Waals surface area contributed by atoms with Crippen molar-refractivity contribution in [1.29, 1.82) is 0 Å². The van der Waals surface area contributed by atoms with Gasteiger partial charge in [-0.15, -0.1) is 0 Å². The van der Waals surface area contributed by atoms with Crippen molar-refractivity contribution in [3.05, 3.63) is 46.9 Å². The van der Waals surface area contributed by atoms with E-state index < -0.39 is 23.7 Å². The van der Waals surface area contributed by atoms with Gasteiger partial charge in [0.2, 0.25) is 0 Å². The molecule has 0 spiro atoms. The lowest BCUT2D eigenvalue weighted by molar-refractivity contribution is -0.137. The highest BCUT2D eigenvalue weighted by Gasteiger charge is 2.32. The van der Waals surface area contributed by atoms with Gasteiger partial charge in [0.25, 0.3) is 0 Å². The molecule has 0 bridgehead atoms. The summed E-state index contributed by atoms with van der Waals surface area (Å²) in [6.07, 6.45) is -4.18. The minimum atomic E-state index is -4.57. The van der Waals surface area contributed by atoms with Gasteiger partial charge in [-0.25, -0.2) is 4.39 Å². The van der Waals surface area contributed by atoms with Gasteiger partial charge in [-0.3, -0.25) is 0 Å². The fourth-order valence-electron chi connectivity index (χ4n) is 2.83. The van der Waals surface area contributed by atoms with Crippen LogP contribution in [-0.4, -0.2) is 15.3 Å². The summed E-state index contributed by atoms with van der Waals surface area (Å²) in [6.45, 7) is 1.97. The molecule has 3 nitrogen and oxygen atoms in total. The Labute approximate surface area is 130 Å². The summed E-state index contributed by atoms with van der Waals surface area (Å²) in [5.41, 5.74) is -0.137. The molecule has 0 radical (unpaired) electrons. The van der Waals surface area contributed by atoms with Crippen LogP contribution in [0, 0.1) is 11.7 Å². The van der Waals surface area contributed by atoms with E-state index in [9.17, 15) is 22.7 Å². The van der Waals surface area contributed by atoms with Crippen LogP contribution in [0.15, 0.2) is 24.3 Å². The molecule has 7 heteroatoms. The summed E-state index contributed by atoms with van der Waals surface area (Å²) in [5.74, 6) is -0.575. The van der Waals surface area contributed by atoms with Gasteiger partial charge in [0.1, 0.15) is 5.82 Å². The van der Waals surface area contributed by atoms with Crippen LogP contribution in [0.5, 0.6) is 0 Å². The van der Waals surface area contributed by atoms with Crippen molar-refractivity contribution in [2.75, 3.05) is 0 Å². The van der Waals surface area contributed by atoms with E-state index in [2.05, 4.69) is 10.2 Å². The lowest BCUT2D eigenvalue weighted by Gasteiger charge is -2.25. The minimum absolute atomic E-state index is 0.0130. The predicted molar refractivity (Wildman–Crippen MR) is 74.9 cm³/mol. The van der Waals surface area contributed by atoms with E-state index in [0.29, 0.717) is 36.2 Å². The Morgan fingerprint density at radius 2 is 1.91 bits per heavy atom. The summed E-state index contributed by atoms with van der Waals surface area (Å²) in [6, 6.07) is 3.58. The number of aromatic nitrogens is 2. The number of rotatable bonds is 1. The molecule has 2 aromatic rings. The summed E-state index contributed by atoms with van der Waals surface area (Å²) >= 11 is 0. The van der Waals surface area contributed by atoms with E-state index in [1.165, 1.54) is 6.07 Å². The number of nitrogens with zero attached hydrogens (tertiary/aromatic N) is 2. The fourth-order valence-corrected chi connectivity index (χ4v) is 2.83. The van der Waals surface area contributed by atoms with Crippen LogP contribution in [0.4, 0.5) is 17.6 Å². The lowest BCUT2D eigenvalue weighted by Crippen LogP contribution is -2.18. The van der Waals surface area contributed by atoms with E-state index in [1.807, 2.05) is 6.92 Å². The molecule has 1 aromatic carbocycles. The normalized spacial score (nSPS) is 21.1. The van der Waals surface area contributed by atoms with Crippen molar-refractivity contribution in [2.45, 2.75) is 32.0 Å². The third-order valence-corrected chi connectivity index (χ3v) is 4.00. The molecule has 0 amide bonds. The third-order valence-electron chi connectivity index (χ3n) is 4.00. The number of benzene rings is 1. The van der Waals surface area contributed by atoms with Gasteiger partial charge in [0.15, 0.2) is 0 Å². The Morgan fingerprint density at radius 1 is 1.17 bits per heavy atom. The maximum atomic E-state index is 13.9. The highest BCUT2D eigenvalue weighted by atomic mass is 19.4.